The minimum Gasteiger partial charge on any atom is -0.497 e. The smallest absolute Gasteiger partial charge is 0.321 e. The molecule has 7 nitrogen and oxygen atoms in total. The summed E-state index contributed by atoms with van der Waals surface area (Å²) in [7, 11) is 1.57. The minimum absolute atomic E-state index is 0.203. The fourth-order valence-corrected chi connectivity index (χ4v) is 2.41. The molecule has 3 amide bonds. The summed E-state index contributed by atoms with van der Waals surface area (Å²) in [6, 6.07) is 6.45. The molecule has 0 saturated carbocycles. The standard InChI is InChI=1S/C15H18N4O3S/c1-10-9-18-15(23-10)19-14(21)17-8-7-16-13(20)11-3-5-12(22-2)6-4-11/h3-6,9H,7-8H2,1-2H3,(H,16,20)(H2,17,18,19,21). The molecule has 23 heavy (non-hydrogen) atoms. The zero-order valence-electron chi connectivity index (χ0n) is 12.9. The number of rotatable bonds is 6. The molecule has 0 aliphatic heterocycles. The number of carbonyl (C=O) groups excluding carboxylic acids is 2. The third-order valence-electron chi connectivity index (χ3n) is 2.89. The van der Waals surface area contributed by atoms with Crippen LogP contribution in [-0.4, -0.2) is 37.1 Å². The Labute approximate surface area is 138 Å². The molecule has 1 aromatic heterocycles. The summed E-state index contributed by atoms with van der Waals surface area (Å²) in [6.45, 7) is 2.56. The number of amides is 3. The van der Waals surface area contributed by atoms with Gasteiger partial charge in [-0.05, 0) is 31.2 Å². The molecule has 1 heterocycles. The highest BCUT2D eigenvalue weighted by Crippen LogP contribution is 2.15. The van der Waals surface area contributed by atoms with Gasteiger partial charge < -0.3 is 15.4 Å². The van der Waals surface area contributed by atoms with Gasteiger partial charge in [0.1, 0.15) is 5.75 Å². The lowest BCUT2D eigenvalue weighted by Gasteiger charge is -2.07. The summed E-state index contributed by atoms with van der Waals surface area (Å²) in [6.07, 6.45) is 1.69. The highest BCUT2D eigenvalue weighted by atomic mass is 32.1. The zero-order valence-corrected chi connectivity index (χ0v) is 13.7. The van der Waals surface area contributed by atoms with Crippen LogP contribution in [0.15, 0.2) is 30.5 Å². The number of hydrogen-bond acceptors (Lipinski definition) is 5. The third-order valence-corrected chi connectivity index (χ3v) is 3.72. The maximum atomic E-state index is 11.9. The van der Waals surface area contributed by atoms with Crippen molar-refractivity contribution in [1.82, 2.24) is 15.6 Å². The van der Waals surface area contributed by atoms with Gasteiger partial charge >= 0.3 is 6.03 Å². The Morgan fingerprint density at radius 3 is 2.48 bits per heavy atom. The molecule has 0 unspecified atom stereocenters. The molecule has 0 atom stereocenters. The van der Waals surface area contributed by atoms with Crippen LogP contribution in [0.3, 0.4) is 0 Å². The average molecular weight is 334 g/mol. The summed E-state index contributed by atoms with van der Waals surface area (Å²) < 4.78 is 5.03. The Hall–Kier alpha value is -2.61. The molecule has 0 aliphatic rings. The van der Waals surface area contributed by atoms with Gasteiger partial charge in [-0.1, -0.05) is 0 Å². The molecule has 0 aliphatic carbocycles. The first-order valence-corrected chi connectivity index (χ1v) is 7.79. The Kier molecular flexibility index (Phi) is 5.93. The molecule has 1 aromatic carbocycles. The van der Waals surface area contributed by atoms with Crippen molar-refractivity contribution in [3.63, 3.8) is 0 Å². The van der Waals surface area contributed by atoms with Gasteiger partial charge in [-0.2, -0.15) is 0 Å². The van der Waals surface area contributed by atoms with Crippen LogP contribution >= 0.6 is 11.3 Å². The van der Waals surface area contributed by atoms with Gasteiger partial charge in [0.15, 0.2) is 5.13 Å². The van der Waals surface area contributed by atoms with E-state index in [-0.39, 0.29) is 11.9 Å². The van der Waals surface area contributed by atoms with Crippen molar-refractivity contribution >= 4 is 28.4 Å². The first-order valence-electron chi connectivity index (χ1n) is 6.98. The number of carbonyl (C=O) groups is 2. The zero-order chi connectivity index (χ0) is 16.7. The molecule has 3 N–H and O–H groups in total. The van der Waals surface area contributed by atoms with Crippen molar-refractivity contribution < 1.29 is 14.3 Å². The van der Waals surface area contributed by atoms with Crippen molar-refractivity contribution in [3.8, 4) is 5.75 Å². The number of aryl methyl sites for hydroxylation is 1. The van der Waals surface area contributed by atoms with Crippen molar-refractivity contribution in [2.75, 3.05) is 25.5 Å². The van der Waals surface area contributed by atoms with E-state index in [2.05, 4.69) is 20.9 Å². The van der Waals surface area contributed by atoms with Crippen LogP contribution in [0, 0.1) is 6.92 Å². The third kappa shape index (κ3) is 5.26. The maximum Gasteiger partial charge on any atom is 0.321 e. The summed E-state index contributed by atoms with van der Waals surface area (Å²) in [5.41, 5.74) is 0.536. The first kappa shape index (κ1) is 16.8. The predicted octanol–water partition coefficient (Wildman–Crippen LogP) is 2.01. The van der Waals surface area contributed by atoms with E-state index in [1.54, 1.807) is 37.6 Å². The second-order valence-electron chi connectivity index (χ2n) is 4.64. The van der Waals surface area contributed by atoms with Crippen molar-refractivity contribution in [3.05, 3.63) is 40.9 Å². The van der Waals surface area contributed by atoms with Gasteiger partial charge in [-0.25, -0.2) is 9.78 Å². The number of methoxy groups -OCH3 is 1. The predicted molar refractivity (Wildman–Crippen MR) is 89.2 cm³/mol. The number of thiazole rings is 1. The van der Waals surface area contributed by atoms with E-state index in [4.69, 9.17) is 4.74 Å². The Morgan fingerprint density at radius 1 is 1.17 bits per heavy atom. The van der Waals surface area contributed by atoms with E-state index in [0.717, 1.165) is 4.88 Å². The molecule has 0 saturated heterocycles. The Balaban J connectivity index is 1.67. The van der Waals surface area contributed by atoms with Gasteiger partial charge in [0.05, 0.1) is 7.11 Å². The number of anilines is 1. The van der Waals surface area contributed by atoms with Crippen molar-refractivity contribution in [1.29, 1.82) is 0 Å². The van der Waals surface area contributed by atoms with Crippen LogP contribution < -0.4 is 20.7 Å². The second kappa shape index (κ2) is 8.14. The van der Waals surface area contributed by atoms with E-state index in [9.17, 15) is 9.59 Å². The normalized spacial score (nSPS) is 10.0. The molecule has 2 aromatic rings. The molecule has 2 rings (SSSR count). The number of hydrogen-bond donors (Lipinski definition) is 3. The monoisotopic (exact) mass is 334 g/mol. The average Bonchev–Trinajstić information content (AvgIpc) is 2.96. The topological polar surface area (TPSA) is 92.4 Å². The van der Waals surface area contributed by atoms with Crippen LogP contribution in [-0.2, 0) is 0 Å². The molecule has 0 bridgehead atoms. The molecule has 8 heteroatoms. The molecule has 0 radical (unpaired) electrons. The van der Waals surface area contributed by atoms with Crippen LogP contribution in [0.2, 0.25) is 0 Å². The van der Waals surface area contributed by atoms with E-state index in [0.29, 0.717) is 29.5 Å². The maximum absolute atomic E-state index is 11.9. The van der Waals surface area contributed by atoms with Crippen molar-refractivity contribution in [2.45, 2.75) is 6.92 Å². The number of urea groups is 1. The second-order valence-corrected chi connectivity index (χ2v) is 5.88. The van der Waals surface area contributed by atoms with Crippen LogP contribution in [0.1, 0.15) is 15.2 Å². The quantitative estimate of drug-likeness (QED) is 0.705. The lowest BCUT2D eigenvalue weighted by atomic mass is 10.2. The van der Waals surface area contributed by atoms with E-state index < -0.39 is 0 Å². The Morgan fingerprint density at radius 2 is 1.87 bits per heavy atom. The lowest BCUT2D eigenvalue weighted by Crippen LogP contribution is -2.36. The molecule has 122 valence electrons. The van der Waals surface area contributed by atoms with E-state index >= 15 is 0 Å². The van der Waals surface area contributed by atoms with Crippen LogP contribution in [0.25, 0.3) is 0 Å². The van der Waals surface area contributed by atoms with Crippen LogP contribution in [0.5, 0.6) is 5.75 Å². The largest absolute Gasteiger partial charge is 0.497 e. The molecular formula is C15H18N4O3S. The van der Waals surface area contributed by atoms with Gasteiger partial charge in [-0.3, -0.25) is 10.1 Å². The van der Waals surface area contributed by atoms with Gasteiger partial charge in [0.25, 0.3) is 5.91 Å². The summed E-state index contributed by atoms with van der Waals surface area (Å²) in [4.78, 5) is 28.6. The van der Waals surface area contributed by atoms with E-state index in [1.807, 2.05) is 6.92 Å². The number of nitrogens with one attached hydrogen (secondary N) is 3. The molecule has 0 spiro atoms. The SMILES string of the molecule is COc1ccc(C(=O)NCCNC(=O)Nc2ncc(C)s2)cc1. The minimum atomic E-state index is -0.349. The number of nitrogens with zero attached hydrogens (tertiary/aromatic N) is 1. The number of ether oxygens (including phenoxy) is 1. The number of benzene rings is 1. The number of aromatic nitrogens is 1. The fourth-order valence-electron chi connectivity index (χ4n) is 1.75. The van der Waals surface area contributed by atoms with Gasteiger partial charge in [-0.15, -0.1) is 11.3 Å². The van der Waals surface area contributed by atoms with Crippen molar-refractivity contribution in [2.24, 2.45) is 0 Å². The summed E-state index contributed by atoms with van der Waals surface area (Å²) >= 11 is 1.40. The lowest BCUT2D eigenvalue weighted by molar-refractivity contribution is 0.0954. The summed E-state index contributed by atoms with van der Waals surface area (Å²) in [5.74, 6) is 0.489. The first-order chi connectivity index (χ1) is 11.1. The van der Waals surface area contributed by atoms with Crippen LogP contribution in [0.4, 0.5) is 9.93 Å². The highest BCUT2D eigenvalue weighted by Gasteiger charge is 2.06. The Bertz CT molecular complexity index is 670. The summed E-state index contributed by atoms with van der Waals surface area (Å²) in [5, 5.41) is 8.54. The van der Waals surface area contributed by atoms with E-state index in [1.165, 1.54) is 11.3 Å². The van der Waals surface area contributed by atoms with Gasteiger partial charge in [0.2, 0.25) is 0 Å². The molecular weight excluding hydrogens is 316 g/mol. The van der Waals surface area contributed by atoms with Gasteiger partial charge in [0, 0.05) is 29.7 Å². The molecule has 0 fully saturated rings. The highest BCUT2D eigenvalue weighted by molar-refractivity contribution is 7.15. The fraction of sp³-hybridized carbons (Fsp3) is 0.267.